The molecule has 1 unspecified atom stereocenters. The highest BCUT2D eigenvalue weighted by atomic mass is 16.5. The number of hydrogen-bond acceptors (Lipinski definition) is 3. The largest absolute Gasteiger partial charge is 0.369 e. The summed E-state index contributed by atoms with van der Waals surface area (Å²) in [5.41, 5.74) is 2.78. The van der Waals surface area contributed by atoms with Crippen molar-refractivity contribution >= 4 is 5.78 Å². The van der Waals surface area contributed by atoms with E-state index in [1.165, 1.54) is 11.1 Å². The van der Waals surface area contributed by atoms with Crippen LogP contribution < -0.4 is 5.32 Å². The fourth-order valence-electron chi connectivity index (χ4n) is 3.62. The first-order valence-corrected chi connectivity index (χ1v) is 7.35. The number of ether oxygens (including phenoxy) is 1. The zero-order valence-corrected chi connectivity index (χ0v) is 12.7. The molecular weight excluding hydrogens is 250 g/mol. The molecule has 0 aliphatic carbocycles. The number of benzene rings is 1. The summed E-state index contributed by atoms with van der Waals surface area (Å²) in [6, 6.07) is 6.10. The molecule has 1 aromatic rings. The summed E-state index contributed by atoms with van der Waals surface area (Å²) in [7, 11) is 0. The van der Waals surface area contributed by atoms with Crippen molar-refractivity contribution in [1.29, 1.82) is 0 Å². The van der Waals surface area contributed by atoms with Gasteiger partial charge in [0.1, 0.15) is 0 Å². The van der Waals surface area contributed by atoms with Gasteiger partial charge in [-0.05, 0) is 51.3 Å². The minimum absolute atomic E-state index is 0.0649. The quantitative estimate of drug-likeness (QED) is 0.842. The van der Waals surface area contributed by atoms with Crippen molar-refractivity contribution in [2.24, 2.45) is 5.92 Å². The molecule has 0 amide bonds. The lowest BCUT2D eigenvalue weighted by Crippen LogP contribution is -2.33. The van der Waals surface area contributed by atoms with Gasteiger partial charge in [-0.3, -0.25) is 4.79 Å². The van der Waals surface area contributed by atoms with E-state index in [1.807, 2.05) is 19.9 Å². The highest BCUT2D eigenvalue weighted by molar-refractivity contribution is 5.99. The molecule has 2 aliphatic heterocycles. The van der Waals surface area contributed by atoms with Gasteiger partial charge in [-0.2, -0.15) is 0 Å². The van der Waals surface area contributed by atoms with Crippen LogP contribution in [0.2, 0.25) is 0 Å². The van der Waals surface area contributed by atoms with Gasteiger partial charge in [-0.15, -0.1) is 0 Å². The van der Waals surface area contributed by atoms with Crippen LogP contribution in [0.3, 0.4) is 0 Å². The van der Waals surface area contributed by atoms with Crippen molar-refractivity contribution in [3.8, 4) is 0 Å². The summed E-state index contributed by atoms with van der Waals surface area (Å²) >= 11 is 0. The monoisotopic (exact) mass is 273 g/mol. The fraction of sp³-hybridized carbons (Fsp3) is 0.588. The van der Waals surface area contributed by atoms with E-state index in [0.717, 1.165) is 25.1 Å². The van der Waals surface area contributed by atoms with Crippen molar-refractivity contribution in [2.45, 2.75) is 58.4 Å². The molecule has 0 spiro atoms. The van der Waals surface area contributed by atoms with Crippen LogP contribution in [0.15, 0.2) is 18.2 Å². The van der Waals surface area contributed by atoms with Gasteiger partial charge in [-0.25, -0.2) is 0 Å². The van der Waals surface area contributed by atoms with Crippen molar-refractivity contribution in [1.82, 2.24) is 5.32 Å². The molecule has 3 rings (SSSR count). The molecule has 20 heavy (non-hydrogen) atoms. The standard InChI is InChI=1S/C17H23NO2/c1-16(2)8-14(17(3,4)20-16)15(19)11-5-6-12-9-18-10-13(12)7-11/h5-7,14,18H,8-10H2,1-4H3. The molecule has 1 aromatic carbocycles. The Morgan fingerprint density at radius 1 is 1.20 bits per heavy atom. The Morgan fingerprint density at radius 2 is 1.90 bits per heavy atom. The Labute approximate surface area is 120 Å². The van der Waals surface area contributed by atoms with E-state index in [9.17, 15) is 4.79 Å². The summed E-state index contributed by atoms with van der Waals surface area (Å²) in [6.45, 7) is 9.96. The molecule has 0 bridgehead atoms. The van der Waals surface area contributed by atoms with E-state index in [2.05, 4.69) is 31.3 Å². The van der Waals surface area contributed by atoms with Gasteiger partial charge in [0, 0.05) is 18.7 Å². The maximum absolute atomic E-state index is 12.8. The van der Waals surface area contributed by atoms with Gasteiger partial charge in [0.25, 0.3) is 0 Å². The molecule has 0 aromatic heterocycles. The Morgan fingerprint density at radius 3 is 2.55 bits per heavy atom. The maximum Gasteiger partial charge on any atom is 0.168 e. The molecule has 1 fully saturated rings. The summed E-state index contributed by atoms with van der Waals surface area (Å²) in [6.07, 6.45) is 0.786. The molecule has 1 N–H and O–H groups in total. The van der Waals surface area contributed by atoms with Gasteiger partial charge in [0.15, 0.2) is 5.78 Å². The second-order valence-corrected chi connectivity index (χ2v) is 7.17. The fourth-order valence-corrected chi connectivity index (χ4v) is 3.62. The van der Waals surface area contributed by atoms with Crippen LogP contribution in [0.1, 0.15) is 55.6 Å². The average molecular weight is 273 g/mol. The zero-order valence-electron chi connectivity index (χ0n) is 12.7. The molecule has 1 saturated heterocycles. The Kier molecular flexibility index (Phi) is 3.03. The smallest absolute Gasteiger partial charge is 0.168 e. The number of rotatable bonds is 2. The van der Waals surface area contributed by atoms with Crippen molar-refractivity contribution in [3.05, 3.63) is 34.9 Å². The highest BCUT2D eigenvalue weighted by Crippen LogP contribution is 2.43. The van der Waals surface area contributed by atoms with Crippen LogP contribution >= 0.6 is 0 Å². The van der Waals surface area contributed by atoms with Crippen LogP contribution in [0.4, 0.5) is 0 Å². The van der Waals surface area contributed by atoms with Gasteiger partial charge in [-0.1, -0.05) is 12.1 Å². The number of Topliss-reactive ketones (excluding diaryl/α,β-unsaturated/α-hetero) is 1. The topological polar surface area (TPSA) is 38.3 Å². The maximum atomic E-state index is 12.8. The predicted octanol–water partition coefficient (Wildman–Crippen LogP) is 3.07. The third-order valence-corrected chi connectivity index (χ3v) is 4.51. The minimum Gasteiger partial charge on any atom is -0.369 e. The Hall–Kier alpha value is -1.19. The van der Waals surface area contributed by atoms with Gasteiger partial charge >= 0.3 is 0 Å². The van der Waals surface area contributed by atoms with Crippen molar-refractivity contribution < 1.29 is 9.53 Å². The first kappa shape index (κ1) is 13.8. The van der Waals surface area contributed by atoms with E-state index < -0.39 is 5.60 Å². The third-order valence-electron chi connectivity index (χ3n) is 4.51. The Balaban J connectivity index is 1.89. The lowest BCUT2D eigenvalue weighted by molar-refractivity contribution is -0.0712. The summed E-state index contributed by atoms with van der Waals surface area (Å²) in [5, 5.41) is 3.32. The molecule has 2 heterocycles. The lowest BCUT2D eigenvalue weighted by Gasteiger charge is -2.26. The van der Waals surface area contributed by atoms with Crippen LogP contribution in [0.5, 0.6) is 0 Å². The predicted molar refractivity (Wildman–Crippen MR) is 78.7 cm³/mol. The van der Waals surface area contributed by atoms with Crippen LogP contribution in [0, 0.1) is 5.92 Å². The zero-order chi connectivity index (χ0) is 14.5. The van der Waals surface area contributed by atoms with Crippen LogP contribution in [0.25, 0.3) is 0 Å². The SMILES string of the molecule is CC1(C)CC(C(=O)c2ccc3c(c2)CNC3)C(C)(C)O1. The summed E-state index contributed by atoms with van der Waals surface area (Å²) in [5.74, 6) is 0.153. The lowest BCUT2D eigenvalue weighted by atomic mass is 9.81. The van der Waals surface area contributed by atoms with Gasteiger partial charge in [0.05, 0.1) is 17.1 Å². The molecule has 3 nitrogen and oxygen atoms in total. The third kappa shape index (κ3) is 2.29. The summed E-state index contributed by atoms with van der Waals surface area (Å²) in [4.78, 5) is 12.8. The Bertz CT molecular complexity index is 560. The van der Waals surface area contributed by atoms with E-state index in [4.69, 9.17) is 4.74 Å². The molecule has 0 radical (unpaired) electrons. The van der Waals surface area contributed by atoms with Gasteiger partial charge in [0.2, 0.25) is 0 Å². The van der Waals surface area contributed by atoms with E-state index >= 15 is 0 Å². The first-order chi connectivity index (χ1) is 9.28. The molecule has 3 heteroatoms. The second kappa shape index (κ2) is 4.40. The average Bonchev–Trinajstić information content (AvgIpc) is 2.88. The number of carbonyl (C=O) groups is 1. The number of nitrogens with one attached hydrogen (secondary N) is 1. The van der Waals surface area contributed by atoms with Crippen LogP contribution in [-0.4, -0.2) is 17.0 Å². The van der Waals surface area contributed by atoms with E-state index in [0.29, 0.717) is 0 Å². The van der Waals surface area contributed by atoms with E-state index in [-0.39, 0.29) is 17.3 Å². The first-order valence-electron chi connectivity index (χ1n) is 7.35. The number of fused-ring (bicyclic) bond motifs is 1. The number of ketones is 1. The molecule has 0 saturated carbocycles. The molecule has 2 aliphatic rings. The molecule has 108 valence electrons. The van der Waals surface area contributed by atoms with E-state index in [1.54, 1.807) is 0 Å². The minimum atomic E-state index is -0.391. The van der Waals surface area contributed by atoms with Crippen molar-refractivity contribution in [2.75, 3.05) is 0 Å². The van der Waals surface area contributed by atoms with Gasteiger partial charge < -0.3 is 10.1 Å². The number of hydrogen-bond donors (Lipinski definition) is 1. The normalized spacial score (nSPS) is 26.5. The second-order valence-electron chi connectivity index (χ2n) is 7.17. The molecule has 1 atom stereocenters. The van der Waals surface area contributed by atoms with Crippen molar-refractivity contribution in [3.63, 3.8) is 0 Å². The highest BCUT2D eigenvalue weighted by Gasteiger charge is 2.49. The number of carbonyl (C=O) groups excluding carboxylic acids is 1. The van der Waals surface area contributed by atoms with Crippen LogP contribution in [-0.2, 0) is 17.8 Å². The molecular formula is C17H23NO2. The summed E-state index contributed by atoms with van der Waals surface area (Å²) < 4.78 is 6.05.